The summed E-state index contributed by atoms with van der Waals surface area (Å²) in [6.07, 6.45) is 8.60. The number of fused-ring (bicyclic) bond motifs is 12. The van der Waals surface area contributed by atoms with Gasteiger partial charge in [0.15, 0.2) is 36.0 Å². The van der Waals surface area contributed by atoms with E-state index in [1.165, 1.54) is 74.8 Å². The van der Waals surface area contributed by atoms with Gasteiger partial charge >= 0.3 is 0 Å². The first-order chi connectivity index (χ1) is 54.9. The maximum Gasteiger partial charge on any atom is 0.216 e. The second-order valence-electron chi connectivity index (χ2n) is 33.0. The molecule has 0 aliphatic carbocycles. The number of aromatic nitrogens is 4. The van der Waals surface area contributed by atoms with Gasteiger partial charge in [0, 0.05) is 97.7 Å². The molecule has 0 saturated heterocycles. The molecule has 15 heteroatoms. The number of pyridine rings is 4. The van der Waals surface area contributed by atoms with Gasteiger partial charge in [0.1, 0.15) is 102 Å². The Hall–Kier alpha value is -11.7. The lowest BCUT2D eigenvalue weighted by atomic mass is 9.94. The summed E-state index contributed by atoms with van der Waals surface area (Å²) in [4.78, 5) is 0. The first kappa shape index (κ1) is 80.9. The van der Waals surface area contributed by atoms with Gasteiger partial charge in [-0.1, -0.05) is 104 Å². The van der Waals surface area contributed by atoms with Crippen LogP contribution in [0.1, 0.15) is 163 Å². The van der Waals surface area contributed by atoms with Crippen LogP contribution in [0.4, 0.5) is 30.7 Å². The number of aryl methyl sites for hydroxylation is 15. The average Bonchev–Trinajstić information content (AvgIpc) is 1.58. The smallest absolute Gasteiger partial charge is 0.216 e. The Balaban J connectivity index is 0.000000128. The molecule has 8 nitrogen and oxygen atoms in total. The van der Waals surface area contributed by atoms with Gasteiger partial charge in [-0.3, -0.25) is 0 Å². The van der Waals surface area contributed by atoms with Gasteiger partial charge in [-0.25, -0.2) is 49.0 Å². The predicted octanol–water partition coefficient (Wildman–Crippen LogP) is 26.8. The molecule has 116 heavy (non-hydrogen) atoms. The summed E-state index contributed by atoms with van der Waals surface area (Å²) in [6.45, 7) is 39.2. The number of hydrogen-bond donors (Lipinski definition) is 0. The van der Waals surface area contributed by atoms with Gasteiger partial charge in [0.05, 0.1) is 44.0 Å². The Labute approximate surface area is 672 Å². The van der Waals surface area contributed by atoms with E-state index in [4.69, 9.17) is 17.7 Å². The maximum absolute atomic E-state index is 15.0. The van der Waals surface area contributed by atoms with Crippen LogP contribution in [0.15, 0.2) is 176 Å². The highest BCUT2D eigenvalue weighted by molar-refractivity contribution is 6.15. The van der Waals surface area contributed by atoms with Gasteiger partial charge in [0.2, 0.25) is 22.8 Å². The minimum atomic E-state index is -0.636. The lowest BCUT2D eigenvalue weighted by Crippen LogP contribution is -2.32. The van der Waals surface area contributed by atoms with E-state index in [9.17, 15) is 26.3 Å². The van der Waals surface area contributed by atoms with Crippen molar-refractivity contribution in [3.05, 3.63) is 282 Å². The molecule has 0 N–H and O–H groups in total. The van der Waals surface area contributed by atoms with Gasteiger partial charge in [-0.2, -0.15) is 0 Å². The van der Waals surface area contributed by atoms with Crippen molar-refractivity contribution in [1.82, 2.24) is 0 Å². The molecule has 17 rings (SSSR count). The summed E-state index contributed by atoms with van der Waals surface area (Å²) in [5.74, 6) is -1.25. The number of furan rings is 4. The van der Waals surface area contributed by atoms with Crippen LogP contribution in [0.2, 0.25) is 0 Å². The molecule has 9 aromatic carbocycles. The monoisotopic (exact) mass is 1560 g/mol. The van der Waals surface area contributed by atoms with Crippen molar-refractivity contribution in [3.63, 3.8) is 0 Å². The molecule has 0 aliphatic rings. The number of benzene rings is 9. The van der Waals surface area contributed by atoms with Crippen molar-refractivity contribution in [2.45, 2.75) is 155 Å². The van der Waals surface area contributed by atoms with Gasteiger partial charge in [-0.05, 0) is 203 Å². The highest BCUT2D eigenvalue weighted by atomic mass is 19.2. The van der Waals surface area contributed by atoms with E-state index < -0.39 is 11.6 Å². The number of hydrogen-bond acceptors (Lipinski definition) is 4. The standard InChI is InChI=1S/C29H27FNO.3C24H24F2NO/c1-17(2)23-16-31(5)25(15-19(23)4)26-18(3)11-12-21-22-13-14-24(30)27(29(22)32-28(21)26)20-9-7-6-8-10-20;1-12(2)17-11-27(6)20(9-13(17)3)22-15(5)8-19(26)23-16-7-14(4)18(25)10-21(16)28-24(22)23;1-12(2)17-11-27(6)19(9-13(17)3)21-15(5)8-18(26)23-22-14(4)7-16(25)10-20(22)28-24(21)23;1-12(2)17-11-27(6)19(8-13(17)3)21-14(4)7-15(5)22-23-18(26)9-16(25)10-20(23)28-24(21)22/h6-17H,1-5H3;3*7-12H,1-6H3/q4*+1. The number of rotatable bonds is 9. The molecule has 17 aromatic rings. The molecule has 0 spiro atoms. The van der Waals surface area contributed by atoms with Crippen molar-refractivity contribution >= 4 is 87.8 Å². The van der Waals surface area contributed by atoms with Gasteiger partial charge in [-0.15, -0.1) is 0 Å². The topological polar surface area (TPSA) is 68.1 Å². The zero-order chi connectivity index (χ0) is 83.5. The summed E-state index contributed by atoms with van der Waals surface area (Å²) < 4.78 is 134. The highest BCUT2D eigenvalue weighted by Gasteiger charge is 2.32. The second kappa shape index (κ2) is 31.1. The molecule has 0 atom stereocenters. The van der Waals surface area contributed by atoms with Gasteiger partial charge in [0.25, 0.3) is 0 Å². The molecule has 0 radical (unpaired) electrons. The van der Waals surface area contributed by atoms with Crippen LogP contribution in [-0.4, -0.2) is 0 Å². The fraction of sp³-hybridized carbons (Fsp3) is 0.267. The Bertz CT molecular complexity index is 6670. The van der Waals surface area contributed by atoms with Crippen LogP contribution in [0, 0.1) is 117 Å². The fourth-order valence-corrected chi connectivity index (χ4v) is 17.4. The minimum Gasteiger partial charge on any atom is -0.455 e. The first-order valence-electron chi connectivity index (χ1n) is 39.6. The zero-order valence-electron chi connectivity index (χ0n) is 70.4. The quantitative estimate of drug-likeness (QED) is 0.107. The Morgan fingerprint density at radius 3 is 1.10 bits per heavy atom. The molecule has 0 unspecified atom stereocenters. The van der Waals surface area contributed by atoms with Crippen LogP contribution in [-0.2, 0) is 28.2 Å². The van der Waals surface area contributed by atoms with Crippen molar-refractivity contribution in [2.75, 3.05) is 0 Å². The summed E-state index contributed by atoms with van der Waals surface area (Å²) in [5.41, 5.74) is 28.6. The molecule has 0 fully saturated rings. The number of halogens is 7. The van der Waals surface area contributed by atoms with Crippen molar-refractivity contribution in [1.29, 1.82) is 0 Å². The van der Waals surface area contributed by atoms with Crippen molar-refractivity contribution < 1.29 is 66.7 Å². The summed E-state index contributed by atoms with van der Waals surface area (Å²) >= 11 is 0. The maximum atomic E-state index is 15.0. The summed E-state index contributed by atoms with van der Waals surface area (Å²) in [6, 6.07) is 38.9. The average molecular weight is 1570 g/mol. The van der Waals surface area contributed by atoms with E-state index in [1.54, 1.807) is 32.0 Å². The Morgan fingerprint density at radius 2 is 0.629 bits per heavy atom. The third-order valence-corrected chi connectivity index (χ3v) is 23.1. The lowest BCUT2D eigenvalue weighted by molar-refractivity contribution is -0.661. The van der Waals surface area contributed by atoms with E-state index in [1.807, 2.05) is 91.3 Å². The molecule has 0 bridgehead atoms. The second-order valence-corrected chi connectivity index (χ2v) is 33.0. The molecule has 8 heterocycles. The normalized spacial score (nSPS) is 11.8. The Kier molecular flexibility index (Phi) is 21.7. The third-order valence-electron chi connectivity index (χ3n) is 23.1. The molecule has 0 aliphatic heterocycles. The lowest BCUT2D eigenvalue weighted by Gasteiger charge is -2.12. The van der Waals surface area contributed by atoms with Crippen molar-refractivity contribution in [2.24, 2.45) is 28.2 Å². The molecular formula is C101H99F7N4O4+4. The van der Waals surface area contributed by atoms with Crippen LogP contribution in [0.25, 0.3) is 144 Å². The molecule has 0 saturated carbocycles. The SMILES string of the molecule is Cc1cc(-c2c(C)cc(C)c3c2oc2cc(F)cc(F)c23)[n+](C)cc1C(C)C.Cc1cc(-c2c(C)cc(F)c3c2oc2cc(F)cc(C)c23)[n+](C)cc1C(C)C.Cc1cc(-c2c(C)ccc3c2oc2c(-c4ccccc4)c(F)ccc23)[n+](C)cc1C(C)C.Cc1cc2c(cc1F)oc1c(-c3cc(C)c(C(C)C)c[n+]3C)c(C)cc(F)c12. The van der Waals surface area contributed by atoms with Crippen LogP contribution in [0.5, 0.6) is 0 Å². The largest absolute Gasteiger partial charge is 0.455 e. The third kappa shape index (κ3) is 14.4. The molecule has 592 valence electrons. The minimum absolute atomic E-state index is 0.237. The van der Waals surface area contributed by atoms with Crippen LogP contribution in [0.3, 0.4) is 0 Å². The molecule has 8 aromatic heterocycles. The fourth-order valence-electron chi connectivity index (χ4n) is 17.4. The predicted molar refractivity (Wildman–Crippen MR) is 455 cm³/mol. The van der Waals surface area contributed by atoms with E-state index in [0.717, 1.165) is 101 Å². The van der Waals surface area contributed by atoms with Crippen molar-refractivity contribution in [3.8, 4) is 56.2 Å². The van der Waals surface area contributed by atoms with Crippen LogP contribution < -0.4 is 18.3 Å². The van der Waals surface area contributed by atoms with Crippen LogP contribution >= 0.6 is 0 Å². The number of nitrogens with zero attached hydrogens (tertiary/aromatic N) is 4. The Morgan fingerprint density at radius 1 is 0.250 bits per heavy atom. The summed E-state index contributed by atoms with van der Waals surface area (Å²) in [7, 11) is 8.07. The summed E-state index contributed by atoms with van der Waals surface area (Å²) in [5, 5.41) is 5.04. The van der Waals surface area contributed by atoms with E-state index in [2.05, 4.69) is 177 Å². The van der Waals surface area contributed by atoms with E-state index in [-0.39, 0.29) is 34.7 Å². The highest BCUT2D eigenvalue weighted by Crippen LogP contribution is 2.47. The first-order valence-corrected chi connectivity index (χ1v) is 39.6. The molecular weight excluding hydrogens is 1470 g/mol. The van der Waals surface area contributed by atoms with E-state index >= 15 is 4.39 Å². The van der Waals surface area contributed by atoms with Gasteiger partial charge < -0.3 is 17.7 Å². The molecule has 0 amide bonds. The zero-order valence-corrected chi connectivity index (χ0v) is 70.4. The van der Waals surface area contributed by atoms with E-state index in [0.29, 0.717) is 106 Å².